The molecule has 0 atom stereocenters. The molecule has 0 bridgehead atoms. The maximum Gasteiger partial charge on any atom is 0.337 e. The molecule has 0 aliphatic carbocycles. The number of para-hydroxylation sites is 1. The zero-order chi connectivity index (χ0) is 14.7. The first kappa shape index (κ1) is 13.8. The summed E-state index contributed by atoms with van der Waals surface area (Å²) in [5.41, 5.74) is 2.66. The summed E-state index contributed by atoms with van der Waals surface area (Å²) in [5.74, 6) is -1.36. The van der Waals surface area contributed by atoms with Crippen LogP contribution in [0.25, 0.3) is 0 Å². The maximum atomic E-state index is 12.3. The van der Waals surface area contributed by atoms with Crippen molar-refractivity contribution in [1.29, 1.82) is 0 Å². The average molecular weight is 269 g/mol. The summed E-state index contributed by atoms with van der Waals surface area (Å²) in [6, 6.07) is 11.9. The van der Waals surface area contributed by atoms with Gasteiger partial charge in [0.2, 0.25) is 0 Å². The Morgan fingerprint density at radius 1 is 0.950 bits per heavy atom. The second kappa shape index (κ2) is 5.57. The molecular formula is C16H15NO3. The number of carboxylic acids is 1. The van der Waals surface area contributed by atoms with Crippen molar-refractivity contribution in [2.24, 2.45) is 0 Å². The first-order valence-corrected chi connectivity index (χ1v) is 6.20. The molecule has 2 aromatic rings. The van der Waals surface area contributed by atoms with E-state index < -0.39 is 5.97 Å². The van der Waals surface area contributed by atoms with Crippen LogP contribution < -0.4 is 5.32 Å². The molecular weight excluding hydrogens is 254 g/mol. The smallest absolute Gasteiger partial charge is 0.337 e. The number of carbonyl (C=O) groups excluding carboxylic acids is 1. The summed E-state index contributed by atoms with van der Waals surface area (Å²) in [7, 11) is 0. The normalized spacial score (nSPS) is 10.1. The Balaban J connectivity index is 2.36. The molecule has 0 saturated heterocycles. The van der Waals surface area contributed by atoms with Gasteiger partial charge in [-0.2, -0.15) is 0 Å². The van der Waals surface area contributed by atoms with Crippen LogP contribution in [0.4, 0.5) is 5.69 Å². The molecule has 2 rings (SSSR count). The summed E-state index contributed by atoms with van der Waals surface area (Å²) in [4.78, 5) is 23.4. The summed E-state index contributed by atoms with van der Waals surface area (Å²) >= 11 is 0. The SMILES string of the molecule is Cc1cccc(C)c1C(=O)Nc1ccccc1C(=O)O. The number of hydrogen-bond donors (Lipinski definition) is 2. The number of carbonyl (C=O) groups is 2. The number of aromatic carboxylic acids is 1. The summed E-state index contributed by atoms with van der Waals surface area (Å²) < 4.78 is 0. The first-order chi connectivity index (χ1) is 9.50. The lowest BCUT2D eigenvalue weighted by atomic mass is 10.0. The molecule has 102 valence electrons. The van der Waals surface area contributed by atoms with Gasteiger partial charge in [-0.25, -0.2) is 4.79 Å². The molecule has 0 aliphatic rings. The van der Waals surface area contributed by atoms with E-state index in [9.17, 15) is 9.59 Å². The van der Waals surface area contributed by atoms with Crippen molar-refractivity contribution in [2.75, 3.05) is 5.32 Å². The highest BCUT2D eigenvalue weighted by Crippen LogP contribution is 2.19. The third-order valence-electron chi connectivity index (χ3n) is 3.11. The van der Waals surface area contributed by atoms with Crippen LogP contribution in [0.3, 0.4) is 0 Å². The van der Waals surface area contributed by atoms with Crippen LogP contribution in [0.5, 0.6) is 0 Å². The molecule has 0 aliphatic heterocycles. The Labute approximate surface area is 117 Å². The van der Waals surface area contributed by atoms with Gasteiger partial charge in [-0.05, 0) is 37.1 Å². The third kappa shape index (κ3) is 2.69. The van der Waals surface area contributed by atoms with Crippen LogP contribution in [-0.4, -0.2) is 17.0 Å². The fourth-order valence-electron chi connectivity index (χ4n) is 2.14. The molecule has 0 saturated carbocycles. The number of amides is 1. The molecule has 0 aromatic heterocycles. The molecule has 4 heteroatoms. The second-order valence-electron chi connectivity index (χ2n) is 4.57. The minimum Gasteiger partial charge on any atom is -0.478 e. The van der Waals surface area contributed by atoms with Crippen LogP contribution in [0.2, 0.25) is 0 Å². The number of anilines is 1. The average Bonchev–Trinajstić information content (AvgIpc) is 2.38. The van der Waals surface area contributed by atoms with Crippen molar-refractivity contribution in [2.45, 2.75) is 13.8 Å². The van der Waals surface area contributed by atoms with Gasteiger partial charge in [-0.1, -0.05) is 30.3 Å². The lowest BCUT2D eigenvalue weighted by Crippen LogP contribution is -2.17. The van der Waals surface area contributed by atoms with Crippen molar-refractivity contribution in [3.05, 3.63) is 64.7 Å². The largest absolute Gasteiger partial charge is 0.478 e. The van der Waals surface area contributed by atoms with E-state index in [0.717, 1.165) is 11.1 Å². The highest BCUT2D eigenvalue weighted by atomic mass is 16.4. The van der Waals surface area contributed by atoms with E-state index >= 15 is 0 Å². The van der Waals surface area contributed by atoms with Gasteiger partial charge in [0.15, 0.2) is 0 Å². The van der Waals surface area contributed by atoms with Crippen molar-refractivity contribution < 1.29 is 14.7 Å². The first-order valence-electron chi connectivity index (χ1n) is 6.20. The van der Waals surface area contributed by atoms with E-state index in [0.29, 0.717) is 11.3 Å². The van der Waals surface area contributed by atoms with E-state index in [-0.39, 0.29) is 11.5 Å². The van der Waals surface area contributed by atoms with E-state index in [1.165, 1.54) is 6.07 Å². The van der Waals surface area contributed by atoms with Crippen molar-refractivity contribution in [1.82, 2.24) is 0 Å². The van der Waals surface area contributed by atoms with Gasteiger partial charge in [-0.3, -0.25) is 4.79 Å². The predicted octanol–water partition coefficient (Wildman–Crippen LogP) is 3.25. The number of aryl methyl sites for hydroxylation is 2. The van der Waals surface area contributed by atoms with E-state index in [1.807, 2.05) is 32.0 Å². The maximum absolute atomic E-state index is 12.3. The lowest BCUT2D eigenvalue weighted by Gasteiger charge is -2.12. The number of rotatable bonds is 3. The van der Waals surface area contributed by atoms with Crippen LogP contribution in [0.15, 0.2) is 42.5 Å². The highest BCUT2D eigenvalue weighted by Gasteiger charge is 2.15. The van der Waals surface area contributed by atoms with Crippen LogP contribution in [-0.2, 0) is 0 Å². The second-order valence-corrected chi connectivity index (χ2v) is 4.57. The Bertz CT molecular complexity index is 657. The standard InChI is InChI=1S/C16H15NO3/c1-10-6-5-7-11(2)14(10)15(18)17-13-9-4-3-8-12(13)16(19)20/h3-9H,1-2H3,(H,17,18)(H,19,20). The number of nitrogens with one attached hydrogen (secondary N) is 1. The monoisotopic (exact) mass is 269 g/mol. The van der Waals surface area contributed by atoms with Gasteiger partial charge >= 0.3 is 5.97 Å². The number of carboxylic acid groups (broad SMARTS) is 1. The molecule has 2 aromatic carbocycles. The lowest BCUT2D eigenvalue weighted by molar-refractivity contribution is 0.0698. The highest BCUT2D eigenvalue weighted by molar-refractivity contribution is 6.09. The molecule has 0 spiro atoms. The van der Waals surface area contributed by atoms with Gasteiger partial charge in [0, 0.05) is 5.56 Å². The van der Waals surface area contributed by atoms with Gasteiger partial charge < -0.3 is 10.4 Å². The van der Waals surface area contributed by atoms with Gasteiger partial charge in [0.1, 0.15) is 0 Å². The summed E-state index contributed by atoms with van der Waals surface area (Å²) in [6.07, 6.45) is 0. The molecule has 20 heavy (non-hydrogen) atoms. The topological polar surface area (TPSA) is 66.4 Å². The minimum atomic E-state index is -1.07. The summed E-state index contributed by atoms with van der Waals surface area (Å²) in [5, 5.41) is 11.8. The zero-order valence-electron chi connectivity index (χ0n) is 11.3. The summed E-state index contributed by atoms with van der Waals surface area (Å²) in [6.45, 7) is 3.70. The van der Waals surface area contributed by atoms with Crippen LogP contribution in [0.1, 0.15) is 31.8 Å². The molecule has 1 amide bonds. The molecule has 4 nitrogen and oxygen atoms in total. The molecule has 0 fully saturated rings. The molecule has 0 radical (unpaired) electrons. The number of benzene rings is 2. The Morgan fingerprint density at radius 2 is 1.55 bits per heavy atom. The van der Waals surface area contributed by atoms with Crippen LogP contribution >= 0.6 is 0 Å². The van der Waals surface area contributed by atoms with Crippen molar-refractivity contribution in [3.8, 4) is 0 Å². The van der Waals surface area contributed by atoms with E-state index in [1.54, 1.807) is 18.2 Å². The number of hydrogen-bond acceptors (Lipinski definition) is 2. The molecule has 0 unspecified atom stereocenters. The fraction of sp³-hybridized carbons (Fsp3) is 0.125. The van der Waals surface area contributed by atoms with Crippen LogP contribution in [0, 0.1) is 13.8 Å². The predicted molar refractivity (Wildman–Crippen MR) is 77.3 cm³/mol. The van der Waals surface area contributed by atoms with Gasteiger partial charge in [0.25, 0.3) is 5.91 Å². The van der Waals surface area contributed by atoms with Crippen molar-refractivity contribution in [3.63, 3.8) is 0 Å². The Hall–Kier alpha value is -2.62. The van der Waals surface area contributed by atoms with Gasteiger partial charge in [0.05, 0.1) is 11.3 Å². The molecule has 0 heterocycles. The molecule has 2 N–H and O–H groups in total. The third-order valence-corrected chi connectivity index (χ3v) is 3.11. The van der Waals surface area contributed by atoms with Gasteiger partial charge in [-0.15, -0.1) is 0 Å². The van der Waals surface area contributed by atoms with E-state index in [4.69, 9.17) is 5.11 Å². The van der Waals surface area contributed by atoms with E-state index in [2.05, 4.69) is 5.32 Å². The quantitative estimate of drug-likeness (QED) is 0.898. The Kier molecular flexibility index (Phi) is 3.84. The fourth-order valence-corrected chi connectivity index (χ4v) is 2.14. The minimum absolute atomic E-state index is 0.0760. The zero-order valence-corrected chi connectivity index (χ0v) is 11.3. The van der Waals surface area contributed by atoms with Crippen molar-refractivity contribution >= 4 is 17.6 Å². The Morgan fingerprint density at radius 3 is 2.15 bits per heavy atom.